The maximum atomic E-state index is 14.0. The van der Waals surface area contributed by atoms with Gasteiger partial charge in [-0.15, -0.1) is 0 Å². The summed E-state index contributed by atoms with van der Waals surface area (Å²) in [6.07, 6.45) is 2.60. The number of rotatable bonds is 12. The molecule has 1 aliphatic heterocycles. The SMILES string of the molecule is CC(C)[Si](O[C@H]1C[C@@H](S(=O)(=O)C2(CN3CCc4c(C(=O)NCc5ccc(C#N)cc5)nn(C)c4C3=O)CC2)C1)(C(C)C)C(C)C. The number of nitrogens with one attached hydrogen (secondary N) is 1. The molecule has 0 bridgehead atoms. The van der Waals surface area contributed by atoms with Gasteiger partial charge in [-0.2, -0.15) is 10.4 Å². The summed E-state index contributed by atoms with van der Waals surface area (Å²) in [5, 5.41) is 15.8. The summed E-state index contributed by atoms with van der Waals surface area (Å²) in [4.78, 5) is 28.4. The fourth-order valence-electron chi connectivity index (χ4n) is 7.80. The lowest BCUT2D eigenvalue weighted by Crippen LogP contribution is -2.56. The molecule has 2 saturated carbocycles. The maximum absolute atomic E-state index is 14.0. The molecule has 5 rings (SSSR count). The van der Waals surface area contributed by atoms with Gasteiger partial charge >= 0.3 is 0 Å². The number of aryl methyl sites for hydroxylation is 1. The lowest BCUT2D eigenvalue weighted by Gasteiger charge is -2.48. The highest BCUT2D eigenvalue weighted by Crippen LogP contribution is 2.52. The molecule has 244 valence electrons. The van der Waals surface area contributed by atoms with Crippen molar-refractivity contribution >= 4 is 30.0 Å². The van der Waals surface area contributed by atoms with Gasteiger partial charge in [-0.1, -0.05) is 53.7 Å². The van der Waals surface area contributed by atoms with Gasteiger partial charge in [-0.3, -0.25) is 14.3 Å². The van der Waals surface area contributed by atoms with Crippen LogP contribution in [0.1, 0.15) is 105 Å². The van der Waals surface area contributed by atoms with Crippen LogP contribution in [0.3, 0.4) is 0 Å². The molecule has 2 heterocycles. The van der Waals surface area contributed by atoms with Gasteiger partial charge in [-0.05, 0) is 66.4 Å². The smallest absolute Gasteiger partial charge is 0.272 e. The van der Waals surface area contributed by atoms with E-state index in [0.717, 1.165) is 5.56 Å². The molecule has 12 heteroatoms. The van der Waals surface area contributed by atoms with E-state index in [1.54, 1.807) is 36.2 Å². The second kappa shape index (κ2) is 12.3. The minimum absolute atomic E-state index is 0.0189. The van der Waals surface area contributed by atoms with Gasteiger partial charge in [-0.25, -0.2) is 8.42 Å². The Kier molecular flexibility index (Phi) is 9.12. The van der Waals surface area contributed by atoms with Crippen LogP contribution in [-0.2, 0) is 34.3 Å². The first-order valence-electron chi connectivity index (χ1n) is 16.2. The summed E-state index contributed by atoms with van der Waals surface area (Å²) in [5.74, 6) is -0.657. The number of carbonyl (C=O) groups is 2. The molecule has 2 aromatic rings. The zero-order valence-corrected chi connectivity index (χ0v) is 29.4. The summed E-state index contributed by atoms with van der Waals surface area (Å²) in [6.45, 7) is 14.2. The van der Waals surface area contributed by atoms with Crippen LogP contribution in [-0.4, -0.2) is 72.4 Å². The first-order chi connectivity index (χ1) is 21.2. The number of nitrogens with zero attached hydrogens (tertiary/aromatic N) is 4. The Morgan fingerprint density at radius 3 is 2.24 bits per heavy atom. The van der Waals surface area contributed by atoms with Crippen LogP contribution < -0.4 is 5.32 Å². The van der Waals surface area contributed by atoms with Crippen LogP contribution >= 0.6 is 0 Å². The molecule has 2 amide bonds. The molecule has 0 atom stereocenters. The molecular formula is C33H47N5O5SSi. The highest BCUT2D eigenvalue weighted by molar-refractivity contribution is 7.93. The predicted octanol–water partition coefficient (Wildman–Crippen LogP) is 4.89. The average Bonchev–Trinajstić information content (AvgIpc) is 3.68. The van der Waals surface area contributed by atoms with Gasteiger partial charge in [0.1, 0.15) is 5.69 Å². The fourth-order valence-corrected chi connectivity index (χ4v) is 16.0. The lowest BCUT2D eigenvalue weighted by atomic mass is 9.96. The number of hydrogen-bond acceptors (Lipinski definition) is 7. The summed E-state index contributed by atoms with van der Waals surface area (Å²) in [6, 6.07) is 9.03. The van der Waals surface area contributed by atoms with Crippen molar-refractivity contribution in [2.45, 2.75) is 113 Å². The predicted molar refractivity (Wildman–Crippen MR) is 175 cm³/mol. The summed E-state index contributed by atoms with van der Waals surface area (Å²) >= 11 is 0. The van der Waals surface area contributed by atoms with Crippen LogP contribution in [0.2, 0.25) is 16.6 Å². The molecule has 45 heavy (non-hydrogen) atoms. The monoisotopic (exact) mass is 653 g/mol. The van der Waals surface area contributed by atoms with Gasteiger partial charge in [0.2, 0.25) is 8.32 Å². The molecule has 3 aliphatic rings. The molecule has 0 radical (unpaired) electrons. The number of amides is 2. The number of sulfone groups is 1. The Hall–Kier alpha value is -3.01. The molecule has 2 fully saturated rings. The molecule has 0 unspecified atom stereocenters. The maximum Gasteiger partial charge on any atom is 0.272 e. The molecule has 1 aromatic carbocycles. The van der Waals surface area contributed by atoms with Gasteiger partial charge in [0, 0.05) is 38.3 Å². The minimum atomic E-state index is -3.46. The Balaban J connectivity index is 1.23. The van der Waals surface area contributed by atoms with Crippen LogP contribution in [0.15, 0.2) is 24.3 Å². The van der Waals surface area contributed by atoms with Crippen molar-refractivity contribution in [3.8, 4) is 6.07 Å². The number of fused-ring (bicyclic) bond motifs is 1. The normalized spacial score (nSPS) is 21.1. The van der Waals surface area contributed by atoms with Gasteiger partial charge in [0.05, 0.1) is 21.6 Å². The van der Waals surface area contributed by atoms with Crippen molar-refractivity contribution in [1.82, 2.24) is 20.0 Å². The highest BCUT2D eigenvalue weighted by atomic mass is 32.2. The third-order valence-electron chi connectivity index (χ3n) is 10.5. The van der Waals surface area contributed by atoms with Crippen LogP contribution in [0.25, 0.3) is 0 Å². The third kappa shape index (κ3) is 5.87. The molecule has 0 spiro atoms. The first kappa shape index (κ1) is 33.4. The van der Waals surface area contributed by atoms with Gasteiger partial charge in [0.15, 0.2) is 15.5 Å². The quantitative estimate of drug-likeness (QED) is 0.323. The zero-order valence-electron chi connectivity index (χ0n) is 27.6. The van der Waals surface area contributed by atoms with Crippen LogP contribution in [0.5, 0.6) is 0 Å². The summed E-state index contributed by atoms with van der Waals surface area (Å²) in [7, 11) is -3.91. The molecule has 0 saturated heterocycles. The van der Waals surface area contributed by atoms with E-state index in [9.17, 15) is 18.0 Å². The van der Waals surface area contributed by atoms with E-state index in [4.69, 9.17) is 9.69 Å². The van der Waals surface area contributed by atoms with Crippen molar-refractivity contribution in [3.63, 3.8) is 0 Å². The van der Waals surface area contributed by atoms with Crippen LogP contribution in [0, 0.1) is 11.3 Å². The van der Waals surface area contributed by atoms with Crippen LogP contribution in [0.4, 0.5) is 0 Å². The van der Waals surface area contributed by atoms with E-state index in [1.165, 1.54) is 4.68 Å². The third-order valence-corrected chi connectivity index (χ3v) is 19.6. The van der Waals surface area contributed by atoms with E-state index < -0.39 is 28.2 Å². The number of benzene rings is 1. The molecular weight excluding hydrogens is 607 g/mol. The minimum Gasteiger partial charge on any atom is -0.413 e. The number of aromatic nitrogens is 2. The fraction of sp³-hybridized carbons (Fsp3) is 0.636. The zero-order chi connectivity index (χ0) is 32.9. The molecule has 1 aromatic heterocycles. The number of hydrogen-bond donors (Lipinski definition) is 1. The average molecular weight is 654 g/mol. The van der Waals surface area contributed by atoms with Gasteiger partial charge in [0.25, 0.3) is 11.8 Å². The number of nitriles is 1. The first-order valence-corrected chi connectivity index (χ1v) is 19.9. The van der Waals surface area contributed by atoms with E-state index in [-0.39, 0.29) is 36.7 Å². The lowest BCUT2D eigenvalue weighted by molar-refractivity contribution is 0.0722. The van der Waals surface area contributed by atoms with Crippen molar-refractivity contribution in [2.75, 3.05) is 13.1 Å². The van der Waals surface area contributed by atoms with Gasteiger partial charge < -0.3 is 14.6 Å². The largest absolute Gasteiger partial charge is 0.413 e. The molecule has 1 N–H and O–H groups in total. The summed E-state index contributed by atoms with van der Waals surface area (Å²) < 4.78 is 35.3. The second-order valence-corrected chi connectivity index (χ2v) is 22.2. The van der Waals surface area contributed by atoms with E-state index in [2.05, 4.69) is 58.0 Å². The van der Waals surface area contributed by atoms with Crippen molar-refractivity contribution in [2.24, 2.45) is 7.05 Å². The topological polar surface area (TPSA) is 134 Å². The van der Waals surface area contributed by atoms with E-state index in [1.807, 2.05) is 0 Å². The molecule has 10 nitrogen and oxygen atoms in total. The van der Waals surface area contributed by atoms with Crippen molar-refractivity contribution < 1.29 is 22.4 Å². The Morgan fingerprint density at radius 2 is 1.71 bits per heavy atom. The standard InChI is InChI=1S/C33H47N5O5SSi/c1-21(2)45(22(3)4,23(5)6)43-26-16-27(17-26)44(41,42)33(13-14-33)20-38-15-12-28-29(36-37(7)30(28)32(38)40)31(39)35-19-25-10-8-24(18-34)9-11-25/h8-11,21-23,26-27H,12-17,19-20H2,1-7H3,(H,35,39)/t26-,27+. The highest BCUT2D eigenvalue weighted by Gasteiger charge is 2.61. The summed E-state index contributed by atoms with van der Waals surface area (Å²) in [5.41, 5.74) is 3.87. The Morgan fingerprint density at radius 1 is 1.11 bits per heavy atom. The second-order valence-electron chi connectivity index (χ2n) is 14.1. The van der Waals surface area contributed by atoms with E-state index in [0.29, 0.717) is 72.1 Å². The van der Waals surface area contributed by atoms with Crippen molar-refractivity contribution in [3.05, 3.63) is 52.3 Å². The molecule has 2 aliphatic carbocycles. The van der Waals surface area contributed by atoms with Crippen molar-refractivity contribution in [1.29, 1.82) is 5.26 Å². The van der Waals surface area contributed by atoms with E-state index >= 15 is 0 Å². The Bertz CT molecular complexity index is 1580. The Labute approximate surface area is 268 Å². The number of carbonyl (C=O) groups excluding carboxylic acids is 2.